The molecule has 0 bridgehead atoms. The van der Waals surface area contributed by atoms with Crippen LogP contribution in [0.5, 0.6) is 5.75 Å². The van der Waals surface area contributed by atoms with Crippen LogP contribution in [0.2, 0.25) is 5.02 Å². The molecule has 0 radical (unpaired) electrons. The lowest BCUT2D eigenvalue weighted by Gasteiger charge is -2.32. The summed E-state index contributed by atoms with van der Waals surface area (Å²) in [6.07, 6.45) is 13.6. The van der Waals surface area contributed by atoms with E-state index in [1.165, 1.54) is 0 Å². The highest BCUT2D eigenvalue weighted by molar-refractivity contribution is 6.33. The molecule has 1 aliphatic rings. The first-order chi connectivity index (χ1) is 17.2. The molecule has 2 nitrogen and oxygen atoms in total. The van der Waals surface area contributed by atoms with Gasteiger partial charge in [-0.25, -0.2) is 0 Å². The topological polar surface area (TPSA) is 32.3 Å². The zero-order valence-electron chi connectivity index (χ0n) is 19.1. The van der Waals surface area contributed by atoms with Gasteiger partial charge in [-0.2, -0.15) is 0 Å². The number of fused-ring (bicyclic) bond motifs is 3. The van der Waals surface area contributed by atoms with Crippen molar-refractivity contribution in [1.82, 2.24) is 0 Å². The number of phenolic OH excluding ortho intramolecular Hbond substituents is 1. The van der Waals surface area contributed by atoms with Crippen LogP contribution < -0.4 is 5.32 Å². The molecular formula is C32H24ClNO. The standard InChI is InChI=1S/C32H24ClNO/c1-2-3-4-5-12-22-32(25-16-8-11-21-30(25)35)24-15-7-6-14-23(24)31-26(32)17-13-20-29(31)34-28-19-10-9-18-27(28)33/h1,3-21,34-35H,22H2/b4-3-,12-5-. The van der Waals surface area contributed by atoms with Crippen LogP contribution in [-0.2, 0) is 5.41 Å². The average Bonchev–Trinajstić information content (AvgIpc) is 3.17. The van der Waals surface area contributed by atoms with E-state index in [1.54, 1.807) is 12.1 Å². The monoisotopic (exact) mass is 473 g/mol. The minimum Gasteiger partial charge on any atom is -0.508 e. The average molecular weight is 474 g/mol. The molecule has 0 spiro atoms. The number of rotatable bonds is 6. The molecule has 0 saturated carbocycles. The Morgan fingerprint density at radius 3 is 2.29 bits per heavy atom. The summed E-state index contributed by atoms with van der Waals surface area (Å²) < 4.78 is 0. The Hall–Kier alpha value is -4.19. The van der Waals surface area contributed by atoms with Crippen molar-refractivity contribution in [2.75, 3.05) is 5.32 Å². The zero-order valence-corrected chi connectivity index (χ0v) is 19.8. The third-order valence-electron chi connectivity index (χ3n) is 6.55. The number of nitrogens with one attached hydrogen (secondary N) is 1. The number of phenols is 1. The normalized spacial score (nSPS) is 16.2. The van der Waals surface area contributed by atoms with E-state index in [1.807, 2.05) is 54.6 Å². The molecule has 1 atom stereocenters. The summed E-state index contributed by atoms with van der Waals surface area (Å²) in [4.78, 5) is 0. The van der Waals surface area contributed by atoms with Crippen LogP contribution in [0.3, 0.4) is 0 Å². The molecule has 35 heavy (non-hydrogen) atoms. The van der Waals surface area contributed by atoms with E-state index in [9.17, 15) is 5.11 Å². The maximum atomic E-state index is 11.1. The second-order valence-electron chi connectivity index (χ2n) is 8.46. The van der Waals surface area contributed by atoms with Crippen LogP contribution in [0.25, 0.3) is 11.1 Å². The Kier molecular flexibility index (Phi) is 6.19. The largest absolute Gasteiger partial charge is 0.508 e. The minimum atomic E-state index is -0.573. The summed E-state index contributed by atoms with van der Waals surface area (Å²) in [7, 11) is 0. The molecule has 5 rings (SSSR count). The summed E-state index contributed by atoms with van der Waals surface area (Å²) in [6.45, 7) is 0. The van der Waals surface area contributed by atoms with Gasteiger partial charge in [-0.15, -0.1) is 6.42 Å². The number of terminal acetylenes is 1. The highest BCUT2D eigenvalue weighted by atomic mass is 35.5. The van der Waals surface area contributed by atoms with Gasteiger partial charge >= 0.3 is 0 Å². The molecule has 4 aromatic carbocycles. The van der Waals surface area contributed by atoms with E-state index >= 15 is 0 Å². The van der Waals surface area contributed by atoms with Crippen molar-refractivity contribution in [1.29, 1.82) is 0 Å². The van der Waals surface area contributed by atoms with E-state index in [4.69, 9.17) is 18.0 Å². The van der Waals surface area contributed by atoms with Gasteiger partial charge in [0.05, 0.1) is 16.1 Å². The smallest absolute Gasteiger partial charge is 0.120 e. The third kappa shape index (κ3) is 3.91. The van der Waals surface area contributed by atoms with E-state index in [2.05, 4.69) is 59.8 Å². The fourth-order valence-electron chi connectivity index (χ4n) is 5.12. The van der Waals surface area contributed by atoms with Crippen molar-refractivity contribution >= 4 is 23.0 Å². The maximum absolute atomic E-state index is 11.1. The maximum Gasteiger partial charge on any atom is 0.120 e. The van der Waals surface area contributed by atoms with E-state index in [0.717, 1.165) is 39.2 Å². The van der Waals surface area contributed by atoms with Crippen molar-refractivity contribution in [2.45, 2.75) is 11.8 Å². The van der Waals surface area contributed by atoms with Gasteiger partial charge in [0.2, 0.25) is 0 Å². The minimum absolute atomic E-state index is 0.271. The number of hydrogen-bond donors (Lipinski definition) is 2. The first-order valence-corrected chi connectivity index (χ1v) is 11.9. The number of halogens is 1. The van der Waals surface area contributed by atoms with Crippen LogP contribution >= 0.6 is 11.6 Å². The molecule has 170 valence electrons. The molecule has 0 aliphatic heterocycles. The van der Waals surface area contributed by atoms with Crippen molar-refractivity contribution in [2.24, 2.45) is 0 Å². The van der Waals surface area contributed by atoms with Gasteiger partial charge in [-0.1, -0.05) is 102 Å². The fraction of sp³-hybridized carbons (Fsp3) is 0.0625. The van der Waals surface area contributed by atoms with E-state index in [0.29, 0.717) is 11.4 Å². The first kappa shape index (κ1) is 22.6. The second-order valence-corrected chi connectivity index (χ2v) is 8.87. The van der Waals surface area contributed by atoms with E-state index in [-0.39, 0.29) is 5.75 Å². The summed E-state index contributed by atoms with van der Waals surface area (Å²) >= 11 is 6.48. The second kappa shape index (κ2) is 9.58. The molecule has 4 aromatic rings. The number of anilines is 2. The summed E-state index contributed by atoms with van der Waals surface area (Å²) in [5.41, 5.74) is 6.63. The lowest BCUT2D eigenvalue weighted by Crippen LogP contribution is -2.26. The number of allylic oxidation sites excluding steroid dienone is 4. The summed E-state index contributed by atoms with van der Waals surface area (Å²) in [5.74, 6) is 2.79. The molecule has 0 fully saturated rings. The number of para-hydroxylation sites is 2. The molecule has 0 heterocycles. The molecule has 0 amide bonds. The predicted octanol–water partition coefficient (Wildman–Crippen LogP) is 8.24. The molecular weight excluding hydrogens is 450 g/mol. The van der Waals surface area contributed by atoms with Crippen molar-refractivity contribution < 1.29 is 5.11 Å². The van der Waals surface area contributed by atoms with Gasteiger partial charge in [-0.05, 0) is 53.5 Å². The van der Waals surface area contributed by atoms with E-state index < -0.39 is 5.41 Å². The van der Waals surface area contributed by atoms with Gasteiger partial charge in [-0.3, -0.25) is 0 Å². The highest BCUT2D eigenvalue weighted by Crippen LogP contribution is 2.58. The Labute approximate surface area is 211 Å². The van der Waals surface area contributed by atoms with Crippen molar-refractivity contribution in [3.63, 3.8) is 0 Å². The quantitative estimate of drug-likeness (QED) is 0.218. The lowest BCUT2D eigenvalue weighted by molar-refractivity contribution is 0.454. The Morgan fingerprint density at radius 1 is 0.800 bits per heavy atom. The molecule has 1 aliphatic carbocycles. The first-order valence-electron chi connectivity index (χ1n) is 11.5. The van der Waals surface area contributed by atoms with Crippen LogP contribution in [0.4, 0.5) is 11.4 Å². The van der Waals surface area contributed by atoms with Crippen LogP contribution in [-0.4, -0.2) is 5.11 Å². The molecule has 3 heteroatoms. The number of benzene rings is 4. The fourth-order valence-corrected chi connectivity index (χ4v) is 5.30. The van der Waals surface area contributed by atoms with Crippen LogP contribution in [0.15, 0.2) is 115 Å². The zero-order chi connectivity index (χ0) is 24.3. The SMILES string of the molecule is C#C/C=C\C=C/CC1(c2ccccc2O)c2ccccc2-c2c(Nc3ccccc3Cl)cccc21. The number of aromatic hydroxyl groups is 1. The van der Waals surface area contributed by atoms with Gasteiger partial charge in [0.1, 0.15) is 5.75 Å². The summed E-state index contributed by atoms with van der Waals surface area (Å²) in [5, 5.41) is 15.3. The van der Waals surface area contributed by atoms with Gasteiger partial charge < -0.3 is 10.4 Å². The molecule has 0 saturated heterocycles. The summed E-state index contributed by atoms with van der Waals surface area (Å²) in [6, 6.07) is 30.0. The Balaban J connectivity index is 1.77. The van der Waals surface area contributed by atoms with Gasteiger partial charge in [0, 0.05) is 16.8 Å². The Morgan fingerprint density at radius 2 is 1.49 bits per heavy atom. The predicted molar refractivity (Wildman–Crippen MR) is 146 cm³/mol. The molecule has 0 aromatic heterocycles. The lowest BCUT2D eigenvalue weighted by atomic mass is 9.69. The number of hydrogen-bond acceptors (Lipinski definition) is 2. The van der Waals surface area contributed by atoms with Crippen molar-refractivity contribution in [3.05, 3.63) is 137 Å². The van der Waals surface area contributed by atoms with Gasteiger partial charge in [0.25, 0.3) is 0 Å². The van der Waals surface area contributed by atoms with Gasteiger partial charge in [0.15, 0.2) is 0 Å². The molecule has 1 unspecified atom stereocenters. The highest BCUT2D eigenvalue weighted by Gasteiger charge is 2.45. The van der Waals surface area contributed by atoms with Crippen molar-refractivity contribution in [3.8, 4) is 29.2 Å². The third-order valence-corrected chi connectivity index (χ3v) is 6.88. The molecule has 2 N–H and O–H groups in total. The van der Waals surface area contributed by atoms with Crippen LogP contribution in [0, 0.1) is 12.3 Å². The Bertz CT molecular complexity index is 1490. The van der Waals surface area contributed by atoms with Crippen LogP contribution in [0.1, 0.15) is 23.1 Å².